The SMILES string of the molecule is COc1cc([C@H](CC2CC2)N2CCNCC2)cc2c1OCO2.Cl.Cl. The summed E-state index contributed by atoms with van der Waals surface area (Å²) >= 11 is 0. The first-order chi connectivity index (χ1) is 10.8. The number of methoxy groups -OCH3 is 1. The van der Waals surface area contributed by atoms with Crippen LogP contribution in [0.4, 0.5) is 0 Å². The minimum atomic E-state index is 0. The molecule has 0 radical (unpaired) electrons. The summed E-state index contributed by atoms with van der Waals surface area (Å²) in [6.07, 6.45) is 4.00. The normalized spacial score (nSPS) is 20.7. The van der Waals surface area contributed by atoms with Gasteiger partial charge in [-0.1, -0.05) is 12.8 Å². The van der Waals surface area contributed by atoms with Gasteiger partial charge in [-0.25, -0.2) is 0 Å². The summed E-state index contributed by atoms with van der Waals surface area (Å²) in [5, 5.41) is 3.44. The molecule has 7 heteroatoms. The Morgan fingerprint density at radius 2 is 1.96 bits per heavy atom. The number of nitrogens with one attached hydrogen (secondary N) is 1. The Morgan fingerprint density at radius 1 is 1.21 bits per heavy atom. The van der Waals surface area contributed by atoms with E-state index in [1.54, 1.807) is 7.11 Å². The van der Waals surface area contributed by atoms with Crippen molar-refractivity contribution >= 4 is 24.8 Å². The van der Waals surface area contributed by atoms with Gasteiger partial charge >= 0.3 is 0 Å². The monoisotopic (exact) mass is 376 g/mol. The molecule has 1 N–H and O–H groups in total. The average Bonchev–Trinajstić information content (AvgIpc) is 3.27. The van der Waals surface area contributed by atoms with Crippen LogP contribution in [0.15, 0.2) is 12.1 Å². The molecule has 1 atom stereocenters. The molecule has 2 heterocycles. The number of halogens is 2. The fraction of sp³-hybridized carbons (Fsp3) is 0.647. The van der Waals surface area contributed by atoms with Crippen LogP contribution in [0.25, 0.3) is 0 Å². The zero-order valence-corrected chi connectivity index (χ0v) is 15.6. The van der Waals surface area contributed by atoms with E-state index in [1.165, 1.54) is 24.8 Å². The first-order valence-electron chi connectivity index (χ1n) is 8.27. The molecule has 136 valence electrons. The largest absolute Gasteiger partial charge is 0.493 e. The van der Waals surface area contributed by atoms with Crippen molar-refractivity contribution in [3.63, 3.8) is 0 Å². The molecule has 0 amide bonds. The molecule has 1 saturated carbocycles. The van der Waals surface area contributed by atoms with E-state index in [4.69, 9.17) is 14.2 Å². The summed E-state index contributed by atoms with van der Waals surface area (Å²) in [6.45, 7) is 4.64. The zero-order chi connectivity index (χ0) is 14.9. The van der Waals surface area contributed by atoms with Gasteiger partial charge in [0.15, 0.2) is 11.5 Å². The number of hydrogen-bond donors (Lipinski definition) is 1. The lowest BCUT2D eigenvalue weighted by atomic mass is 9.97. The first kappa shape index (κ1) is 19.4. The van der Waals surface area contributed by atoms with Gasteiger partial charge in [0.25, 0.3) is 0 Å². The number of rotatable bonds is 5. The van der Waals surface area contributed by atoms with E-state index in [9.17, 15) is 0 Å². The molecular weight excluding hydrogens is 351 g/mol. The molecule has 0 bridgehead atoms. The molecule has 5 nitrogen and oxygen atoms in total. The smallest absolute Gasteiger partial charge is 0.231 e. The molecule has 1 saturated heterocycles. The van der Waals surface area contributed by atoms with Gasteiger partial charge in [0.05, 0.1) is 7.11 Å². The van der Waals surface area contributed by atoms with Crippen LogP contribution in [0.1, 0.15) is 30.9 Å². The Balaban J connectivity index is 0.00000104. The van der Waals surface area contributed by atoms with E-state index in [-0.39, 0.29) is 31.6 Å². The van der Waals surface area contributed by atoms with Crippen molar-refractivity contribution in [2.45, 2.75) is 25.3 Å². The number of hydrogen-bond acceptors (Lipinski definition) is 5. The van der Waals surface area contributed by atoms with Crippen LogP contribution in [0.3, 0.4) is 0 Å². The predicted molar refractivity (Wildman–Crippen MR) is 98.1 cm³/mol. The lowest BCUT2D eigenvalue weighted by Crippen LogP contribution is -2.45. The highest BCUT2D eigenvalue weighted by molar-refractivity contribution is 5.85. The molecule has 1 aromatic carbocycles. The Bertz CT molecular complexity index is 549. The number of piperazine rings is 1. The number of nitrogens with zero attached hydrogens (tertiary/aromatic N) is 1. The average molecular weight is 377 g/mol. The number of fused-ring (bicyclic) bond motifs is 1. The second-order valence-electron chi connectivity index (χ2n) is 6.44. The minimum absolute atomic E-state index is 0. The quantitative estimate of drug-likeness (QED) is 0.855. The van der Waals surface area contributed by atoms with E-state index in [0.717, 1.165) is 49.3 Å². The molecule has 0 aromatic heterocycles. The molecule has 1 aromatic rings. The summed E-state index contributed by atoms with van der Waals surface area (Å²) < 4.78 is 16.6. The molecular formula is C17H26Cl2N2O3. The second kappa shape index (κ2) is 8.48. The van der Waals surface area contributed by atoms with Crippen molar-refractivity contribution in [2.75, 3.05) is 40.1 Å². The topological polar surface area (TPSA) is 43.0 Å². The highest BCUT2D eigenvalue weighted by Gasteiger charge is 2.32. The molecule has 2 aliphatic heterocycles. The molecule has 0 spiro atoms. The third-order valence-corrected chi connectivity index (χ3v) is 4.91. The van der Waals surface area contributed by atoms with E-state index in [2.05, 4.69) is 22.3 Å². The maximum absolute atomic E-state index is 5.61. The van der Waals surface area contributed by atoms with Gasteiger partial charge in [-0.2, -0.15) is 0 Å². The van der Waals surface area contributed by atoms with Crippen molar-refractivity contribution in [1.82, 2.24) is 10.2 Å². The van der Waals surface area contributed by atoms with Crippen LogP contribution in [-0.2, 0) is 0 Å². The van der Waals surface area contributed by atoms with Crippen LogP contribution >= 0.6 is 24.8 Å². The van der Waals surface area contributed by atoms with E-state index in [0.29, 0.717) is 6.04 Å². The Kier molecular flexibility index (Phi) is 6.87. The first-order valence-corrected chi connectivity index (χ1v) is 8.27. The summed E-state index contributed by atoms with van der Waals surface area (Å²) in [5.41, 5.74) is 1.30. The summed E-state index contributed by atoms with van der Waals surface area (Å²) in [5.74, 6) is 3.25. The van der Waals surface area contributed by atoms with Crippen LogP contribution in [0.5, 0.6) is 17.2 Å². The summed E-state index contributed by atoms with van der Waals surface area (Å²) in [6, 6.07) is 4.75. The predicted octanol–water partition coefficient (Wildman–Crippen LogP) is 3.01. The Hall–Kier alpha value is -0.880. The Morgan fingerprint density at radius 3 is 2.62 bits per heavy atom. The summed E-state index contributed by atoms with van der Waals surface area (Å²) in [4.78, 5) is 2.60. The number of benzene rings is 1. The lowest BCUT2D eigenvalue weighted by Gasteiger charge is -2.35. The van der Waals surface area contributed by atoms with Gasteiger partial charge in [-0.3, -0.25) is 4.90 Å². The maximum Gasteiger partial charge on any atom is 0.231 e. The zero-order valence-electron chi connectivity index (χ0n) is 14.0. The van der Waals surface area contributed by atoms with Gasteiger partial charge in [-0.05, 0) is 30.0 Å². The van der Waals surface area contributed by atoms with Crippen molar-refractivity contribution < 1.29 is 14.2 Å². The minimum Gasteiger partial charge on any atom is -0.493 e. The highest BCUT2D eigenvalue weighted by Crippen LogP contribution is 2.46. The molecule has 3 aliphatic rings. The molecule has 4 rings (SSSR count). The van der Waals surface area contributed by atoms with E-state index < -0.39 is 0 Å². The van der Waals surface area contributed by atoms with Crippen molar-refractivity contribution in [3.8, 4) is 17.2 Å². The summed E-state index contributed by atoms with van der Waals surface area (Å²) in [7, 11) is 1.70. The van der Waals surface area contributed by atoms with E-state index in [1.807, 2.05) is 0 Å². The van der Waals surface area contributed by atoms with Gasteiger partial charge in [-0.15, -0.1) is 24.8 Å². The molecule has 0 unspecified atom stereocenters. The van der Waals surface area contributed by atoms with E-state index >= 15 is 0 Å². The van der Waals surface area contributed by atoms with Gasteiger partial charge in [0, 0.05) is 32.2 Å². The second-order valence-corrected chi connectivity index (χ2v) is 6.44. The van der Waals surface area contributed by atoms with Crippen LogP contribution in [0.2, 0.25) is 0 Å². The van der Waals surface area contributed by atoms with Gasteiger partial charge in [0.1, 0.15) is 0 Å². The van der Waals surface area contributed by atoms with Crippen LogP contribution in [-0.4, -0.2) is 45.0 Å². The highest BCUT2D eigenvalue weighted by atomic mass is 35.5. The van der Waals surface area contributed by atoms with Crippen molar-refractivity contribution in [3.05, 3.63) is 17.7 Å². The fourth-order valence-electron chi connectivity index (χ4n) is 3.50. The standard InChI is InChI=1S/C17H24N2O3.2ClH/c1-20-15-9-13(10-16-17(15)22-11-21-16)14(8-12-2-3-12)19-6-4-18-5-7-19;;/h9-10,12,14,18H,2-8,11H2,1H3;2*1H/t14-;;/m0../s1. The number of ether oxygens (including phenoxy) is 3. The van der Waals surface area contributed by atoms with Crippen LogP contribution in [0, 0.1) is 5.92 Å². The third kappa shape index (κ3) is 4.02. The van der Waals surface area contributed by atoms with Crippen molar-refractivity contribution in [2.24, 2.45) is 5.92 Å². The van der Waals surface area contributed by atoms with Gasteiger partial charge < -0.3 is 19.5 Å². The van der Waals surface area contributed by atoms with Crippen LogP contribution < -0.4 is 19.5 Å². The Labute approximate surface area is 155 Å². The van der Waals surface area contributed by atoms with Gasteiger partial charge in [0.2, 0.25) is 12.5 Å². The molecule has 24 heavy (non-hydrogen) atoms. The molecule has 1 aliphatic carbocycles. The molecule has 2 fully saturated rings. The third-order valence-electron chi connectivity index (χ3n) is 4.91. The lowest BCUT2D eigenvalue weighted by molar-refractivity contribution is 0.159. The van der Waals surface area contributed by atoms with Crippen molar-refractivity contribution in [1.29, 1.82) is 0 Å². The fourth-order valence-corrected chi connectivity index (χ4v) is 3.50. The maximum atomic E-state index is 5.61.